The SMILES string of the molecule is COc1ccc(NC(=O)c2cnc(NCc3ccccc3C)nc2)cc1. The van der Waals surface area contributed by atoms with Gasteiger partial charge in [0.25, 0.3) is 5.91 Å². The van der Waals surface area contributed by atoms with Crippen LogP contribution in [0.3, 0.4) is 0 Å². The van der Waals surface area contributed by atoms with E-state index in [1.807, 2.05) is 12.1 Å². The molecule has 0 atom stereocenters. The van der Waals surface area contributed by atoms with Crippen LogP contribution in [0.2, 0.25) is 0 Å². The van der Waals surface area contributed by atoms with Gasteiger partial charge >= 0.3 is 0 Å². The van der Waals surface area contributed by atoms with Crippen molar-refractivity contribution in [2.24, 2.45) is 0 Å². The number of hydrogen-bond donors (Lipinski definition) is 2. The molecule has 0 aliphatic heterocycles. The first-order valence-corrected chi connectivity index (χ1v) is 8.21. The van der Waals surface area contributed by atoms with E-state index < -0.39 is 0 Å². The summed E-state index contributed by atoms with van der Waals surface area (Å²) in [6.45, 7) is 2.69. The molecule has 6 heteroatoms. The lowest BCUT2D eigenvalue weighted by Crippen LogP contribution is -2.13. The average molecular weight is 348 g/mol. The van der Waals surface area contributed by atoms with Gasteiger partial charge in [-0.1, -0.05) is 24.3 Å². The van der Waals surface area contributed by atoms with Gasteiger partial charge in [-0.25, -0.2) is 9.97 Å². The summed E-state index contributed by atoms with van der Waals surface area (Å²) in [4.78, 5) is 20.7. The Kier molecular flexibility index (Phi) is 5.43. The van der Waals surface area contributed by atoms with Crippen LogP contribution >= 0.6 is 0 Å². The van der Waals surface area contributed by atoms with Crippen LogP contribution in [-0.4, -0.2) is 23.0 Å². The minimum atomic E-state index is -0.263. The molecule has 3 aromatic rings. The van der Waals surface area contributed by atoms with E-state index in [-0.39, 0.29) is 5.91 Å². The molecule has 1 amide bonds. The summed E-state index contributed by atoms with van der Waals surface area (Å²) in [5.41, 5.74) is 3.45. The van der Waals surface area contributed by atoms with Gasteiger partial charge < -0.3 is 15.4 Å². The summed E-state index contributed by atoms with van der Waals surface area (Å²) in [6, 6.07) is 15.2. The van der Waals surface area contributed by atoms with Gasteiger partial charge in [-0.15, -0.1) is 0 Å². The van der Waals surface area contributed by atoms with Crippen molar-refractivity contribution in [2.75, 3.05) is 17.7 Å². The molecule has 2 N–H and O–H groups in total. The zero-order chi connectivity index (χ0) is 18.4. The van der Waals surface area contributed by atoms with E-state index in [1.54, 1.807) is 31.4 Å². The van der Waals surface area contributed by atoms with E-state index in [9.17, 15) is 4.79 Å². The number of rotatable bonds is 6. The number of nitrogens with zero attached hydrogens (tertiary/aromatic N) is 2. The van der Waals surface area contributed by atoms with Crippen LogP contribution in [0.15, 0.2) is 60.9 Å². The molecule has 132 valence electrons. The molecule has 0 aliphatic rings. The number of ether oxygens (including phenoxy) is 1. The van der Waals surface area contributed by atoms with Gasteiger partial charge in [-0.3, -0.25) is 4.79 Å². The normalized spacial score (nSPS) is 10.2. The third-order valence-electron chi connectivity index (χ3n) is 3.96. The standard InChI is InChI=1S/C20H20N4O2/c1-14-5-3-4-6-15(14)11-21-20-22-12-16(13-23-20)19(25)24-17-7-9-18(26-2)10-8-17/h3-10,12-13H,11H2,1-2H3,(H,24,25)(H,21,22,23). The molecule has 0 aliphatic carbocycles. The summed E-state index contributed by atoms with van der Waals surface area (Å²) in [5, 5.41) is 5.96. The number of carbonyl (C=O) groups is 1. The van der Waals surface area contributed by atoms with Crippen molar-refractivity contribution in [3.63, 3.8) is 0 Å². The maximum atomic E-state index is 12.3. The molecule has 0 radical (unpaired) electrons. The van der Waals surface area contributed by atoms with Crippen molar-refractivity contribution in [3.05, 3.63) is 77.6 Å². The molecule has 1 aromatic heterocycles. The molecule has 6 nitrogen and oxygen atoms in total. The first-order valence-electron chi connectivity index (χ1n) is 8.21. The van der Waals surface area contributed by atoms with Crippen molar-refractivity contribution in [1.82, 2.24) is 9.97 Å². The Hall–Kier alpha value is -3.41. The highest BCUT2D eigenvalue weighted by Gasteiger charge is 2.08. The number of anilines is 2. The van der Waals surface area contributed by atoms with Gasteiger partial charge in [0.05, 0.1) is 12.7 Å². The summed E-state index contributed by atoms with van der Waals surface area (Å²) >= 11 is 0. The van der Waals surface area contributed by atoms with Crippen LogP contribution in [0.4, 0.5) is 11.6 Å². The van der Waals surface area contributed by atoms with E-state index in [2.05, 4.69) is 39.7 Å². The van der Waals surface area contributed by atoms with Crippen molar-refractivity contribution in [3.8, 4) is 5.75 Å². The molecule has 1 heterocycles. The van der Waals surface area contributed by atoms with E-state index in [0.29, 0.717) is 23.7 Å². The average Bonchev–Trinajstić information content (AvgIpc) is 2.68. The summed E-state index contributed by atoms with van der Waals surface area (Å²) < 4.78 is 5.09. The summed E-state index contributed by atoms with van der Waals surface area (Å²) in [5.74, 6) is 0.949. The van der Waals surface area contributed by atoms with E-state index in [1.165, 1.54) is 23.5 Å². The number of methoxy groups -OCH3 is 1. The quantitative estimate of drug-likeness (QED) is 0.711. The molecular formula is C20H20N4O2. The highest BCUT2D eigenvalue weighted by atomic mass is 16.5. The van der Waals surface area contributed by atoms with Crippen LogP contribution in [0.1, 0.15) is 21.5 Å². The third-order valence-corrected chi connectivity index (χ3v) is 3.96. The Morgan fingerprint density at radius 1 is 1.04 bits per heavy atom. The fourth-order valence-electron chi connectivity index (χ4n) is 2.40. The smallest absolute Gasteiger partial charge is 0.258 e. The Balaban J connectivity index is 1.59. The lowest BCUT2D eigenvalue weighted by atomic mass is 10.1. The predicted octanol–water partition coefficient (Wildman–Crippen LogP) is 3.66. The molecule has 0 spiro atoms. The van der Waals surface area contributed by atoms with Crippen molar-refractivity contribution in [1.29, 1.82) is 0 Å². The number of aryl methyl sites for hydroxylation is 1. The monoisotopic (exact) mass is 348 g/mol. The largest absolute Gasteiger partial charge is 0.497 e. The second kappa shape index (κ2) is 8.11. The molecule has 3 rings (SSSR count). The van der Waals surface area contributed by atoms with Crippen molar-refractivity contribution >= 4 is 17.5 Å². The number of nitrogens with one attached hydrogen (secondary N) is 2. The highest BCUT2D eigenvalue weighted by molar-refractivity contribution is 6.03. The number of aromatic nitrogens is 2. The zero-order valence-corrected chi connectivity index (χ0v) is 14.7. The van der Waals surface area contributed by atoms with Gasteiger partial charge in [0.2, 0.25) is 5.95 Å². The van der Waals surface area contributed by atoms with Crippen LogP contribution in [0, 0.1) is 6.92 Å². The predicted molar refractivity (Wildman–Crippen MR) is 101 cm³/mol. The number of hydrogen-bond acceptors (Lipinski definition) is 5. The van der Waals surface area contributed by atoms with E-state index in [4.69, 9.17) is 4.74 Å². The number of carbonyl (C=O) groups excluding carboxylic acids is 1. The van der Waals surface area contributed by atoms with Gasteiger partial charge in [0.15, 0.2) is 0 Å². The number of amides is 1. The topological polar surface area (TPSA) is 76.1 Å². The van der Waals surface area contributed by atoms with E-state index >= 15 is 0 Å². The minimum absolute atomic E-state index is 0.263. The zero-order valence-electron chi connectivity index (χ0n) is 14.7. The minimum Gasteiger partial charge on any atom is -0.497 e. The Morgan fingerprint density at radius 3 is 2.38 bits per heavy atom. The van der Waals surface area contributed by atoms with Gasteiger partial charge in [-0.05, 0) is 42.3 Å². The summed E-state index contributed by atoms with van der Waals surface area (Å²) in [7, 11) is 1.60. The highest BCUT2D eigenvalue weighted by Crippen LogP contribution is 2.16. The molecule has 2 aromatic carbocycles. The second-order valence-electron chi connectivity index (χ2n) is 5.76. The molecule has 0 saturated carbocycles. The van der Waals surface area contributed by atoms with Crippen LogP contribution in [0.5, 0.6) is 5.75 Å². The van der Waals surface area contributed by atoms with Gasteiger partial charge in [0, 0.05) is 24.6 Å². The lowest BCUT2D eigenvalue weighted by Gasteiger charge is -2.08. The first-order chi connectivity index (χ1) is 12.7. The van der Waals surface area contributed by atoms with Crippen LogP contribution in [-0.2, 0) is 6.54 Å². The Morgan fingerprint density at radius 2 is 1.73 bits per heavy atom. The van der Waals surface area contributed by atoms with Gasteiger partial charge in [-0.2, -0.15) is 0 Å². The van der Waals surface area contributed by atoms with E-state index in [0.717, 1.165) is 5.75 Å². The van der Waals surface area contributed by atoms with Crippen molar-refractivity contribution in [2.45, 2.75) is 13.5 Å². The molecule has 0 fully saturated rings. The fraction of sp³-hybridized carbons (Fsp3) is 0.150. The van der Waals surface area contributed by atoms with Crippen LogP contribution in [0.25, 0.3) is 0 Å². The maximum absolute atomic E-state index is 12.3. The lowest BCUT2D eigenvalue weighted by molar-refractivity contribution is 0.102. The number of benzene rings is 2. The third kappa shape index (κ3) is 4.36. The fourth-order valence-corrected chi connectivity index (χ4v) is 2.40. The summed E-state index contributed by atoms with van der Waals surface area (Å²) in [6.07, 6.45) is 3.01. The second-order valence-corrected chi connectivity index (χ2v) is 5.76. The maximum Gasteiger partial charge on any atom is 0.258 e. The Labute approximate surface area is 152 Å². The molecular weight excluding hydrogens is 328 g/mol. The van der Waals surface area contributed by atoms with Gasteiger partial charge in [0.1, 0.15) is 5.75 Å². The Bertz CT molecular complexity index is 877. The van der Waals surface area contributed by atoms with Crippen LogP contribution < -0.4 is 15.4 Å². The van der Waals surface area contributed by atoms with Crippen molar-refractivity contribution < 1.29 is 9.53 Å². The molecule has 0 unspecified atom stereocenters. The molecule has 26 heavy (non-hydrogen) atoms. The molecule has 0 saturated heterocycles. The first kappa shape index (κ1) is 17.4. The molecule has 0 bridgehead atoms.